The van der Waals surface area contributed by atoms with Crippen molar-refractivity contribution in [3.8, 4) is 0 Å². The molecular weight excluding hydrogens is 681 g/mol. The van der Waals surface area contributed by atoms with Gasteiger partial charge in [-0.2, -0.15) is 8.78 Å². The van der Waals surface area contributed by atoms with Crippen molar-refractivity contribution in [3.05, 3.63) is 64.5 Å². The summed E-state index contributed by atoms with van der Waals surface area (Å²) in [7, 11) is -4.14. The molecule has 262 valence electrons. The van der Waals surface area contributed by atoms with E-state index in [9.17, 15) is 32.5 Å². The molecule has 12 nitrogen and oxygen atoms in total. The maximum absolute atomic E-state index is 14.4. The highest BCUT2D eigenvalue weighted by atomic mass is 32.1. The summed E-state index contributed by atoms with van der Waals surface area (Å²) >= 11 is 0.948. The summed E-state index contributed by atoms with van der Waals surface area (Å²) in [6.45, 7) is 4.93. The molecule has 3 aliphatic heterocycles. The number of hydrogen-bond donors (Lipinski definition) is 3. The number of carbonyl (C=O) groups is 4. The van der Waals surface area contributed by atoms with Crippen LogP contribution in [0, 0.1) is 0 Å². The van der Waals surface area contributed by atoms with Crippen LogP contribution < -0.4 is 10.2 Å². The number of nitrogens with zero attached hydrogens (tertiary/aromatic N) is 3. The number of ether oxygens (including phenoxy) is 1. The normalized spacial score (nSPS) is 22.6. The molecule has 1 aromatic heterocycles. The quantitative estimate of drug-likeness (QED) is 0.312. The Kier molecular flexibility index (Phi) is 9.20. The Morgan fingerprint density at radius 1 is 1.08 bits per heavy atom. The number of amides is 4. The highest BCUT2D eigenvalue weighted by Gasteiger charge is 2.50. The fourth-order valence-corrected chi connectivity index (χ4v) is 8.18. The lowest BCUT2D eigenvalue weighted by molar-refractivity contribution is -0.144. The van der Waals surface area contributed by atoms with Crippen LogP contribution in [-0.2, 0) is 34.8 Å². The molecule has 0 spiro atoms. The number of carbonyl (C=O) groups excluding carboxylic acids is 4. The van der Waals surface area contributed by atoms with Gasteiger partial charge in [-0.25, -0.2) is 0 Å². The molecule has 3 N–H and O–H groups in total. The Morgan fingerprint density at radius 2 is 1.78 bits per heavy atom. The molecule has 16 heteroatoms. The van der Waals surface area contributed by atoms with Crippen molar-refractivity contribution in [1.82, 2.24) is 15.1 Å². The number of nitrogens with one attached hydrogen (secondary N) is 1. The van der Waals surface area contributed by atoms with Crippen LogP contribution in [-0.4, -0.2) is 94.7 Å². The van der Waals surface area contributed by atoms with Crippen molar-refractivity contribution in [1.29, 1.82) is 0 Å². The Labute approximate surface area is 285 Å². The van der Waals surface area contributed by atoms with Crippen LogP contribution in [0.1, 0.15) is 53.9 Å². The number of hydrogen-bond acceptors (Lipinski definition) is 7. The van der Waals surface area contributed by atoms with Gasteiger partial charge in [-0.3, -0.25) is 23.7 Å². The third-order valence-corrected chi connectivity index (χ3v) is 11.9. The molecule has 0 saturated carbocycles. The monoisotopic (exact) mass is 718 g/mol. The SMILES string of the molecule is CC(=O)N1CC[C@H]2CC[C@@H](C(=O)N(C)c3ccc(C4(C)COC4)cc3)N2C(=O)C(NC(=O)c2cc3cc(C(F)(F)P(=O)(O)O)ccc3s2)C1. The van der Waals surface area contributed by atoms with Crippen LogP contribution in [0.5, 0.6) is 0 Å². The maximum Gasteiger partial charge on any atom is 0.399 e. The molecule has 4 amide bonds. The molecule has 1 unspecified atom stereocenters. The van der Waals surface area contributed by atoms with Crippen LogP contribution in [0.25, 0.3) is 10.1 Å². The fraction of sp³-hybridized carbons (Fsp3) is 0.455. The Hall–Kier alpha value is -3.75. The van der Waals surface area contributed by atoms with E-state index in [4.69, 9.17) is 14.5 Å². The number of alkyl halides is 2. The summed E-state index contributed by atoms with van der Waals surface area (Å²) in [6.07, 6.45) is 1.41. The summed E-state index contributed by atoms with van der Waals surface area (Å²) in [5.41, 5.74) is -3.61. The van der Waals surface area contributed by atoms with Gasteiger partial charge in [0.1, 0.15) is 12.1 Å². The van der Waals surface area contributed by atoms with Gasteiger partial charge in [0, 0.05) is 54.5 Å². The van der Waals surface area contributed by atoms with E-state index in [1.807, 2.05) is 24.3 Å². The fourth-order valence-electron chi connectivity index (χ4n) is 6.76. The van der Waals surface area contributed by atoms with Crippen LogP contribution in [0.2, 0.25) is 0 Å². The standard InChI is InChI=1S/C33H37F2N4O8PS/c1-19(40)38-13-12-24-9-10-26(31(43)37(3)23-7-4-21(5-8-23)32(2)17-47-18-32)39(24)30(42)25(16-38)36-29(41)28-15-20-14-22(6-11-27(20)49-28)33(34,35)48(44,45)46/h4-8,11,14-15,24-26H,9-10,12-13,16-18H2,1-3H3,(H,36,41)(H2,44,45,46)/t24-,25?,26+/m1/s1. The van der Waals surface area contributed by atoms with Crippen molar-refractivity contribution in [2.45, 2.75) is 62.3 Å². The van der Waals surface area contributed by atoms with Gasteiger partial charge in [-0.05, 0) is 60.5 Å². The van der Waals surface area contributed by atoms with E-state index >= 15 is 0 Å². The number of rotatable bonds is 7. The summed E-state index contributed by atoms with van der Waals surface area (Å²) < 4.78 is 45.9. The smallest absolute Gasteiger partial charge is 0.379 e. The second-order valence-electron chi connectivity index (χ2n) is 13.2. The highest BCUT2D eigenvalue weighted by molar-refractivity contribution is 7.52. The lowest BCUT2D eigenvalue weighted by Gasteiger charge is -2.39. The minimum atomic E-state index is -5.80. The summed E-state index contributed by atoms with van der Waals surface area (Å²) in [5.74, 6) is -1.76. The average Bonchev–Trinajstić information content (AvgIpc) is 3.66. The highest BCUT2D eigenvalue weighted by Crippen LogP contribution is 2.59. The maximum atomic E-state index is 14.4. The van der Waals surface area contributed by atoms with E-state index in [1.54, 1.807) is 11.9 Å². The van der Waals surface area contributed by atoms with Gasteiger partial charge in [0.15, 0.2) is 0 Å². The lowest BCUT2D eigenvalue weighted by Crippen LogP contribution is -2.61. The number of thiophene rings is 1. The first-order valence-corrected chi connectivity index (χ1v) is 18.2. The third kappa shape index (κ3) is 6.50. The van der Waals surface area contributed by atoms with Gasteiger partial charge in [0.2, 0.25) is 17.7 Å². The van der Waals surface area contributed by atoms with E-state index in [2.05, 4.69) is 12.2 Å². The summed E-state index contributed by atoms with van der Waals surface area (Å²) in [6, 6.07) is 9.69. The van der Waals surface area contributed by atoms with Crippen molar-refractivity contribution in [3.63, 3.8) is 0 Å². The van der Waals surface area contributed by atoms with Gasteiger partial charge in [0.25, 0.3) is 5.91 Å². The van der Waals surface area contributed by atoms with E-state index in [-0.39, 0.29) is 40.1 Å². The summed E-state index contributed by atoms with van der Waals surface area (Å²) in [4.78, 5) is 77.1. The van der Waals surface area contributed by atoms with Gasteiger partial charge < -0.3 is 34.5 Å². The second kappa shape index (κ2) is 12.9. The Balaban J connectivity index is 1.23. The van der Waals surface area contributed by atoms with Crippen LogP contribution in [0.15, 0.2) is 48.5 Å². The van der Waals surface area contributed by atoms with Crippen LogP contribution >= 0.6 is 18.9 Å². The molecule has 6 rings (SSSR count). The molecule has 3 fully saturated rings. The molecule has 3 atom stereocenters. The second-order valence-corrected chi connectivity index (χ2v) is 16.0. The van der Waals surface area contributed by atoms with Gasteiger partial charge in [0.05, 0.1) is 18.1 Å². The molecular formula is C33H37F2N4O8PS. The first-order chi connectivity index (χ1) is 23.0. The van der Waals surface area contributed by atoms with Crippen LogP contribution in [0.4, 0.5) is 14.5 Å². The van der Waals surface area contributed by atoms with Crippen molar-refractivity contribution < 1.29 is 47.0 Å². The number of benzene rings is 2. The predicted octanol–water partition coefficient (Wildman–Crippen LogP) is 3.79. The van der Waals surface area contributed by atoms with Gasteiger partial charge in [-0.15, -0.1) is 11.3 Å². The number of likely N-dealkylation sites (N-methyl/N-ethyl adjacent to an activating group) is 1. The van der Waals surface area contributed by atoms with E-state index < -0.39 is 42.7 Å². The molecule has 3 saturated heterocycles. The minimum Gasteiger partial charge on any atom is -0.379 e. The number of halogens is 2. The average molecular weight is 719 g/mol. The molecule has 0 aliphatic carbocycles. The van der Waals surface area contributed by atoms with E-state index in [0.29, 0.717) is 49.4 Å². The van der Waals surface area contributed by atoms with Crippen molar-refractivity contribution in [2.75, 3.05) is 38.3 Å². The molecule has 4 heterocycles. The van der Waals surface area contributed by atoms with Gasteiger partial charge >= 0.3 is 13.3 Å². The number of fused-ring (bicyclic) bond motifs is 2. The molecule has 2 aromatic carbocycles. The third-order valence-electron chi connectivity index (χ3n) is 9.80. The Bertz CT molecular complexity index is 1860. The molecule has 0 bridgehead atoms. The molecule has 3 aliphatic rings. The van der Waals surface area contributed by atoms with E-state index in [1.165, 1.54) is 28.9 Å². The molecule has 49 heavy (non-hydrogen) atoms. The zero-order valence-electron chi connectivity index (χ0n) is 27.1. The topological polar surface area (TPSA) is 157 Å². The van der Waals surface area contributed by atoms with Gasteiger partial charge in [-0.1, -0.05) is 25.1 Å². The lowest BCUT2D eigenvalue weighted by atomic mass is 9.81. The van der Waals surface area contributed by atoms with Crippen molar-refractivity contribution >= 4 is 58.3 Å². The first-order valence-electron chi connectivity index (χ1n) is 15.8. The summed E-state index contributed by atoms with van der Waals surface area (Å²) in [5, 5.41) is 2.87. The predicted molar refractivity (Wildman–Crippen MR) is 178 cm³/mol. The molecule has 0 radical (unpaired) electrons. The zero-order valence-corrected chi connectivity index (χ0v) is 28.8. The minimum absolute atomic E-state index is 0.0620. The largest absolute Gasteiger partial charge is 0.399 e. The van der Waals surface area contributed by atoms with Crippen molar-refractivity contribution in [2.24, 2.45) is 0 Å². The molecule has 3 aromatic rings. The Morgan fingerprint density at radius 3 is 2.39 bits per heavy atom. The van der Waals surface area contributed by atoms with E-state index in [0.717, 1.165) is 29.0 Å². The number of anilines is 1. The van der Waals surface area contributed by atoms with Crippen LogP contribution in [0.3, 0.4) is 0 Å². The zero-order chi connectivity index (χ0) is 35.5. The first kappa shape index (κ1) is 35.1.